The Bertz CT molecular complexity index is 361. The minimum atomic E-state index is -4.68. The molecule has 1 saturated heterocycles. The second kappa shape index (κ2) is 6.83. The van der Waals surface area contributed by atoms with E-state index in [1.165, 1.54) is 24.3 Å². The molecular formula is C10H18AsN3O3. The first kappa shape index (κ1) is 14.3. The molecule has 1 aliphatic rings. The quantitative estimate of drug-likeness (QED) is 0.304. The van der Waals surface area contributed by atoms with E-state index in [-0.39, 0.29) is 4.35 Å². The molecule has 0 amide bonds. The van der Waals surface area contributed by atoms with Crippen LogP contribution in [0.4, 0.5) is 5.69 Å². The van der Waals surface area contributed by atoms with E-state index in [0.29, 0.717) is 5.69 Å². The molecule has 0 aromatic heterocycles. The van der Waals surface area contributed by atoms with Crippen LogP contribution in [0.2, 0.25) is 0 Å². The second-order valence-electron chi connectivity index (χ2n) is 3.64. The number of hydrogen-bond donors (Lipinski definition) is 5. The van der Waals surface area contributed by atoms with Gasteiger partial charge in [-0.15, -0.1) is 0 Å². The van der Waals surface area contributed by atoms with Crippen molar-refractivity contribution in [2.45, 2.75) is 0 Å². The molecule has 6 nitrogen and oxygen atoms in total. The standard InChI is InChI=1S/C6H8AsNO3.C4H10N2/c8-6-3-1-5(2-4-6)7(9,10)11;1-2-6-4-3-5-1/h1-4H,8H2,(H2,9,10,11);5-6H,1-4H2. The topological polar surface area (TPSA) is 108 Å². The number of anilines is 1. The number of rotatable bonds is 1. The normalized spacial score (nSPS) is 15.9. The number of nitrogen functional groups attached to an aromatic ring is 1. The molecule has 2 rings (SSSR count). The number of nitrogens with two attached hydrogens (primary N) is 1. The van der Waals surface area contributed by atoms with Crippen LogP contribution in [0.25, 0.3) is 0 Å². The molecule has 0 saturated carbocycles. The zero-order valence-electron chi connectivity index (χ0n) is 9.47. The van der Waals surface area contributed by atoms with Gasteiger partial charge < -0.3 is 10.6 Å². The molecule has 0 unspecified atom stereocenters. The van der Waals surface area contributed by atoms with Gasteiger partial charge in [-0.1, -0.05) is 0 Å². The van der Waals surface area contributed by atoms with Gasteiger partial charge in [0, 0.05) is 26.2 Å². The van der Waals surface area contributed by atoms with Crippen LogP contribution in [0.15, 0.2) is 24.3 Å². The van der Waals surface area contributed by atoms with Gasteiger partial charge in [-0.05, 0) is 0 Å². The van der Waals surface area contributed by atoms with Gasteiger partial charge in [-0.25, -0.2) is 0 Å². The van der Waals surface area contributed by atoms with Gasteiger partial charge in [0.2, 0.25) is 0 Å². The van der Waals surface area contributed by atoms with E-state index in [1.54, 1.807) is 0 Å². The summed E-state index contributed by atoms with van der Waals surface area (Å²) in [7, 11) is 0. The Balaban J connectivity index is 0.000000202. The van der Waals surface area contributed by atoms with Crippen molar-refractivity contribution in [2.75, 3.05) is 31.9 Å². The fraction of sp³-hybridized carbons (Fsp3) is 0.400. The molecule has 1 heterocycles. The summed E-state index contributed by atoms with van der Waals surface area (Å²) in [5.74, 6) is 0. The average Bonchev–Trinajstić information content (AvgIpc) is 2.31. The maximum absolute atomic E-state index is 10.7. The third-order valence-corrected chi connectivity index (χ3v) is 4.22. The van der Waals surface area contributed by atoms with Crippen molar-refractivity contribution < 1.29 is 11.9 Å². The predicted octanol–water partition coefficient (Wildman–Crippen LogP) is -1.99. The van der Waals surface area contributed by atoms with Crippen molar-refractivity contribution in [3.05, 3.63) is 24.3 Å². The van der Waals surface area contributed by atoms with Crippen LogP contribution < -0.4 is 20.7 Å². The Kier molecular flexibility index (Phi) is 5.74. The molecule has 1 fully saturated rings. The Morgan fingerprint density at radius 3 is 1.71 bits per heavy atom. The molecular weight excluding hydrogens is 285 g/mol. The summed E-state index contributed by atoms with van der Waals surface area (Å²) in [4.78, 5) is 0. The molecule has 1 aromatic rings. The number of hydrogen-bond acceptors (Lipinski definition) is 4. The van der Waals surface area contributed by atoms with Crippen molar-refractivity contribution in [1.29, 1.82) is 0 Å². The minimum absolute atomic E-state index is 0.0531. The van der Waals surface area contributed by atoms with Crippen LogP contribution in [0.5, 0.6) is 0 Å². The number of piperazine rings is 1. The number of benzene rings is 1. The Hall–Kier alpha value is -0.782. The molecule has 1 aromatic carbocycles. The van der Waals surface area contributed by atoms with Crippen LogP contribution in [-0.4, -0.2) is 48.5 Å². The van der Waals surface area contributed by atoms with E-state index in [4.69, 9.17) is 13.9 Å². The van der Waals surface area contributed by atoms with Crippen LogP contribution >= 0.6 is 0 Å². The summed E-state index contributed by atoms with van der Waals surface area (Å²) in [6.45, 7) is 4.56. The van der Waals surface area contributed by atoms with E-state index in [2.05, 4.69) is 10.6 Å². The molecule has 0 atom stereocenters. The third-order valence-electron chi connectivity index (χ3n) is 2.19. The van der Waals surface area contributed by atoms with E-state index in [9.17, 15) is 3.74 Å². The average molecular weight is 303 g/mol. The SMILES string of the molecule is C1CNCCN1.Nc1ccc([As](=O)(O)O)cc1. The van der Waals surface area contributed by atoms with E-state index in [0.717, 1.165) is 26.2 Å². The molecule has 0 spiro atoms. The van der Waals surface area contributed by atoms with Crippen molar-refractivity contribution in [2.24, 2.45) is 0 Å². The fourth-order valence-electron chi connectivity index (χ4n) is 1.27. The Morgan fingerprint density at radius 1 is 1.00 bits per heavy atom. The number of nitrogens with one attached hydrogen (secondary N) is 2. The first-order valence-corrected chi connectivity index (χ1v) is 8.71. The summed E-state index contributed by atoms with van der Waals surface area (Å²) in [5, 5.41) is 6.44. The Labute approximate surface area is 103 Å². The molecule has 0 bridgehead atoms. The zero-order chi connectivity index (χ0) is 12.7. The maximum atomic E-state index is 10.7. The van der Waals surface area contributed by atoms with Crippen LogP contribution in [0.3, 0.4) is 0 Å². The summed E-state index contributed by atoms with van der Waals surface area (Å²) in [6.07, 6.45) is 0. The molecule has 7 heteroatoms. The van der Waals surface area contributed by atoms with Crippen molar-refractivity contribution in [3.63, 3.8) is 0 Å². The van der Waals surface area contributed by atoms with E-state index >= 15 is 0 Å². The predicted molar refractivity (Wildman–Crippen MR) is 67.1 cm³/mol. The van der Waals surface area contributed by atoms with Gasteiger partial charge in [0.25, 0.3) is 0 Å². The monoisotopic (exact) mass is 303 g/mol. The Morgan fingerprint density at radius 2 is 1.41 bits per heavy atom. The van der Waals surface area contributed by atoms with Gasteiger partial charge in [0.1, 0.15) is 0 Å². The van der Waals surface area contributed by atoms with Crippen molar-refractivity contribution >= 4 is 24.2 Å². The van der Waals surface area contributed by atoms with Crippen molar-refractivity contribution in [3.8, 4) is 0 Å². The molecule has 0 radical (unpaired) electrons. The summed E-state index contributed by atoms with van der Waals surface area (Å²) >= 11 is -4.68. The second-order valence-corrected chi connectivity index (χ2v) is 7.00. The van der Waals surface area contributed by atoms with Gasteiger partial charge in [-0.2, -0.15) is 0 Å². The van der Waals surface area contributed by atoms with Gasteiger partial charge in [0.15, 0.2) is 0 Å². The molecule has 1 aliphatic heterocycles. The zero-order valence-corrected chi connectivity index (χ0v) is 11.3. The van der Waals surface area contributed by atoms with E-state index < -0.39 is 14.2 Å². The summed E-state index contributed by atoms with van der Waals surface area (Å²) in [5.41, 5.74) is 5.82. The summed E-state index contributed by atoms with van der Waals surface area (Å²) < 4.78 is 28.1. The summed E-state index contributed by atoms with van der Waals surface area (Å²) in [6, 6.07) is 5.62. The first-order valence-electron chi connectivity index (χ1n) is 5.33. The van der Waals surface area contributed by atoms with E-state index in [1.807, 2.05) is 0 Å². The van der Waals surface area contributed by atoms with Gasteiger partial charge in [0.05, 0.1) is 0 Å². The van der Waals surface area contributed by atoms with Crippen LogP contribution in [0.1, 0.15) is 0 Å². The van der Waals surface area contributed by atoms with Crippen molar-refractivity contribution in [1.82, 2.24) is 10.6 Å². The third kappa shape index (κ3) is 5.91. The van der Waals surface area contributed by atoms with Gasteiger partial charge in [-0.3, -0.25) is 0 Å². The molecule has 17 heavy (non-hydrogen) atoms. The fourth-order valence-corrected chi connectivity index (χ4v) is 2.40. The molecule has 6 N–H and O–H groups in total. The van der Waals surface area contributed by atoms with Crippen LogP contribution in [0, 0.1) is 0 Å². The van der Waals surface area contributed by atoms with Crippen LogP contribution in [-0.2, 0) is 3.74 Å². The molecule has 0 aliphatic carbocycles. The molecule has 96 valence electrons. The van der Waals surface area contributed by atoms with Gasteiger partial charge >= 0.3 is 66.1 Å². The first-order chi connectivity index (χ1) is 8.00.